The molecule has 12 nitrogen and oxygen atoms in total. The summed E-state index contributed by atoms with van der Waals surface area (Å²) in [5.74, 6) is -2.09. The van der Waals surface area contributed by atoms with E-state index >= 15 is 0 Å². The molecule has 1 unspecified atom stereocenters. The predicted molar refractivity (Wildman–Crippen MR) is 151 cm³/mol. The number of carboxylic acid groups (broad SMARTS) is 1. The van der Waals surface area contributed by atoms with Gasteiger partial charge in [0.05, 0.1) is 12.3 Å². The van der Waals surface area contributed by atoms with Crippen molar-refractivity contribution in [3.05, 3.63) is 83.7 Å². The van der Waals surface area contributed by atoms with Crippen LogP contribution in [0.3, 0.4) is 0 Å². The normalized spacial score (nSPS) is 14.5. The average Bonchev–Trinajstić information content (AvgIpc) is 3.03. The van der Waals surface area contributed by atoms with Gasteiger partial charge in [-0.25, -0.2) is 14.8 Å². The van der Waals surface area contributed by atoms with E-state index in [-0.39, 0.29) is 62.8 Å². The second-order valence-electron chi connectivity index (χ2n) is 9.65. The topological polar surface area (TPSA) is 162 Å². The van der Waals surface area contributed by atoms with Crippen LogP contribution >= 0.6 is 0 Å². The van der Waals surface area contributed by atoms with E-state index < -0.39 is 36.0 Å². The van der Waals surface area contributed by atoms with Crippen molar-refractivity contribution in [2.45, 2.75) is 31.9 Å². The zero-order valence-corrected chi connectivity index (χ0v) is 23.2. The number of amides is 3. The summed E-state index contributed by atoms with van der Waals surface area (Å²) < 4.78 is 5.02. The van der Waals surface area contributed by atoms with Crippen LogP contribution in [-0.4, -0.2) is 92.7 Å². The van der Waals surface area contributed by atoms with E-state index in [4.69, 9.17) is 4.74 Å². The lowest BCUT2D eigenvalue weighted by Gasteiger charge is -2.35. The largest absolute Gasteiger partial charge is 0.481 e. The highest BCUT2D eigenvalue weighted by molar-refractivity contribution is 5.96. The number of hydrogen-bond donors (Lipinski definition) is 3. The molecule has 3 aromatic rings. The van der Waals surface area contributed by atoms with Gasteiger partial charge in [-0.1, -0.05) is 60.7 Å². The molecular weight excluding hydrogens is 542 g/mol. The van der Waals surface area contributed by atoms with Crippen molar-refractivity contribution in [1.29, 1.82) is 0 Å². The Morgan fingerprint density at radius 1 is 0.929 bits per heavy atom. The average molecular weight is 576 g/mol. The molecule has 1 aliphatic heterocycles. The summed E-state index contributed by atoms with van der Waals surface area (Å²) in [5.41, 5.74) is 1.28. The Kier molecular flexibility index (Phi) is 10.2. The number of carbonyl (C=O) groups excluding carboxylic acids is 3. The van der Waals surface area contributed by atoms with Crippen LogP contribution in [-0.2, 0) is 14.3 Å². The number of nitrogens with one attached hydrogen (secondary N) is 1. The van der Waals surface area contributed by atoms with E-state index in [1.807, 2.05) is 12.1 Å². The maximum atomic E-state index is 13.5. The van der Waals surface area contributed by atoms with Crippen LogP contribution in [0.1, 0.15) is 47.6 Å². The number of carboxylic acids is 1. The molecule has 0 bridgehead atoms. The van der Waals surface area contributed by atoms with Gasteiger partial charge in [-0.3, -0.25) is 14.4 Å². The first-order chi connectivity index (χ1) is 20.3. The van der Waals surface area contributed by atoms with Crippen LogP contribution in [0.4, 0.5) is 4.79 Å². The second kappa shape index (κ2) is 14.2. The lowest BCUT2D eigenvalue weighted by Crippen LogP contribution is -2.56. The third kappa shape index (κ3) is 7.67. The SMILES string of the molecule is CCOC(=O)N1CCN(C(=O)[C@H](CCC(=O)O)NC(=O)c2cc(C(O)c3ccccc3)nc(-c3ccccc3)n2)CC1. The first-order valence-corrected chi connectivity index (χ1v) is 13.7. The number of aliphatic carboxylic acids is 1. The van der Waals surface area contributed by atoms with Gasteiger partial charge in [0.25, 0.3) is 5.91 Å². The number of ether oxygens (including phenoxy) is 1. The maximum absolute atomic E-state index is 13.5. The molecule has 2 aromatic carbocycles. The summed E-state index contributed by atoms with van der Waals surface area (Å²) in [6.07, 6.45) is -2.11. The Morgan fingerprint density at radius 2 is 1.55 bits per heavy atom. The minimum atomic E-state index is -1.15. The van der Waals surface area contributed by atoms with E-state index in [9.17, 15) is 29.4 Å². The van der Waals surface area contributed by atoms with Crippen LogP contribution < -0.4 is 5.32 Å². The van der Waals surface area contributed by atoms with Crippen LogP contribution in [0.25, 0.3) is 11.4 Å². The molecule has 3 amide bonds. The van der Waals surface area contributed by atoms with Crippen molar-refractivity contribution < 1.29 is 34.1 Å². The van der Waals surface area contributed by atoms with Crippen molar-refractivity contribution in [2.24, 2.45) is 0 Å². The van der Waals surface area contributed by atoms with E-state index in [1.165, 1.54) is 15.9 Å². The minimum absolute atomic E-state index is 0.0888. The summed E-state index contributed by atoms with van der Waals surface area (Å²) in [6.45, 7) is 2.85. The fourth-order valence-electron chi connectivity index (χ4n) is 4.55. The molecule has 12 heteroatoms. The molecule has 2 heterocycles. The van der Waals surface area contributed by atoms with Crippen molar-refractivity contribution in [3.8, 4) is 11.4 Å². The Bertz CT molecular complexity index is 1400. The molecule has 1 aliphatic rings. The number of hydrogen-bond acceptors (Lipinski definition) is 8. The van der Waals surface area contributed by atoms with Gasteiger partial charge >= 0.3 is 12.1 Å². The summed E-state index contributed by atoms with van der Waals surface area (Å²) >= 11 is 0. The molecule has 2 atom stereocenters. The number of carbonyl (C=O) groups is 4. The number of aliphatic hydroxyl groups is 1. The van der Waals surface area contributed by atoms with Crippen LogP contribution in [0.15, 0.2) is 66.7 Å². The lowest BCUT2D eigenvalue weighted by atomic mass is 10.0. The highest BCUT2D eigenvalue weighted by atomic mass is 16.6. The molecule has 1 saturated heterocycles. The fraction of sp³-hybridized carbons (Fsp3) is 0.333. The third-order valence-electron chi connectivity index (χ3n) is 6.77. The molecular formula is C30H33N5O7. The van der Waals surface area contributed by atoms with Crippen molar-refractivity contribution in [1.82, 2.24) is 25.1 Å². The summed E-state index contributed by atoms with van der Waals surface area (Å²) in [6, 6.07) is 18.0. The highest BCUT2D eigenvalue weighted by Gasteiger charge is 2.31. The fourth-order valence-corrected chi connectivity index (χ4v) is 4.55. The van der Waals surface area contributed by atoms with Crippen LogP contribution in [0.5, 0.6) is 0 Å². The van der Waals surface area contributed by atoms with Gasteiger partial charge in [0.2, 0.25) is 5.91 Å². The molecule has 42 heavy (non-hydrogen) atoms. The molecule has 0 radical (unpaired) electrons. The van der Waals surface area contributed by atoms with Crippen molar-refractivity contribution in [2.75, 3.05) is 32.8 Å². The standard InChI is InChI=1S/C30H33N5O7/c1-2-42-30(41)35-17-15-34(16-18-35)29(40)22(13-14-25(36)37)33-28(39)24-19-23(26(38)20-9-5-3-6-10-20)31-27(32-24)21-11-7-4-8-12-21/h3-12,19,22,26,38H,2,13-18H2,1H3,(H,33,39)(H,36,37)/t22-,26?/m0/s1. The zero-order valence-electron chi connectivity index (χ0n) is 23.2. The Labute approximate surface area is 243 Å². The van der Waals surface area contributed by atoms with E-state index in [0.29, 0.717) is 11.1 Å². The lowest BCUT2D eigenvalue weighted by molar-refractivity contribution is -0.138. The molecule has 1 aromatic heterocycles. The van der Waals surface area contributed by atoms with Gasteiger partial charge < -0.3 is 30.1 Å². The number of piperazine rings is 1. The molecule has 220 valence electrons. The first-order valence-electron chi connectivity index (χ1n) is 13.7. The number of aromatic nitrogens is 2. The smallest absolute Gasteiger partial charge is 0.409 e. The zero-order chi connectivity index (χ0) is 30.1. The Balaban J connectivity index is 1.58. The van der Waals surface area contributed by atoms with E-state index in [0.717, 1.165) is 0 Å². The number of nitrogens with zero attached hydrogens (tertiary/aromatic N) is 4. The number of rotatable bonds is 10. The second-order valence-corrected chi connectivity index (χ2v) is 9.65. The molecule has 1 fully saturated rings. The monoisotopic (exact) mass is 575 g/mol. The van der Waals surface area contributed by atoms with Crippen LogP contribution in [0.2, 0.25) is 0 Å². The Hall–Kier alpha value is -4.84. The third-order valence-corrected chi connectivity index (χ3v) is 6.77. The van der Waals surface area contributed by atoms with Gasteiger partial charge in [-0.2, -0.15) is 0 Å². The van der Waals surface area contributed by atoms with Gasteiger partial charge in [-0.15, -0.1) is 0 Å². The quantitative estimate of drug-likeness (QED) is 0.330. The Morgan fingerprint density at radius 3 is 2.17 bits per heavy atom. The van der Waals surface area contributed by atoms with Crippen LogP contribution in [0, 0.1) is 0 Å². The summed E-state index contributed by atoms with van der Waals surface area (Å²) in [4.78, 5) is 62.2. The highest BCUT2D eigenvalue weighted by Crippen LogP contribution is 2.24. The van der Waals surface area contributed by atoms with Gasteiger partial charge in [0, 0.05) is 38.2 Å². The van der Waals surface area contributed by atoms with Gasteiger partial charge in [0.1, 0.15) is 17.8 Å². The van der Waals surface area contributed by atoms with E-state index in [2.05, 4.69) is 15.3 Å². The molecule has 3 N–H and O–H groups in total. The molecule has 0 saturated carbocycles. The van der Waals surface area contributed by atoms with E-state index in [1.54, 1.807) is 55.5 Å². The number of aliphatic hydroxyl groups excluding tert-OH is 1. The van der Waals surface area contributed by atoms with Crippen molar-refractivity contribution >= 4 is 23.9 Å². The minimum Gasteiger partial charge on any atom is -0.481 e. The molecule has 0 aliphatic carbocycles. The molecule has 0 spiro atoms. The summed E-state index contributed by atoms with van der Waals surface area (Å²) in [7, 11) is 0. The molecule has 4 rings (SSSR count). The predicted octanol–water partition coefficient (Wildman–Crippen LogP) is 2.49. The van der Waals surface area contributed by atoms with Gasteiger partial charge in [-0.05, 0) is 25.0 Å². The first kappa shape index (κ1) is 30.1. The van der Waals surface area contributed by atoms with Crippen molar-refractivity contribution in [3.63, 3.8) is 0 Å². The summed E-state index contributed by atoms with van der Waals surface area (Å²) in [5, 5.41) is 23.0. The van der Waals surface area contributed by atoms with Gasteiger partial charge in [0.15, 0.2) is 5.82 Å². The number of benzene rings is 2. The maximum Gasteiger partial charge on any atom is 0.409 e.